The Hall–Kier alpha value is -2.05. The van der Waals surface area contributed by atoms with Gasteiger partial charge in [-0.1, -0.05) is 6.07 Å². The molecule has 6 nitrogen and oxygen atoms in total. The molecule has 0 aliphatic carbocycles. The summed E-state index contributed by atoms with van der Waals surface area (Å²) in [6.45, 7) is 4.98. The third-order valence-electron chi connectivity index (χ3n) is 4.65. The van der Waals surface area contributed by atoms with Crippen molar-refractivity contribution in [2.75, 3.05) is 24.6 Å². The van der Waals surface area contributed by atoms with Gasteiger partial charge in [0.1, 0.15) is 5.60 Å². The Morgan fingerprint density at radius 3 is 2.88 bits per heavy atom. The number of anilines is 1. The Bertz CT molecular complexity index is 688. The molecule has 1 spiro atoms. The van der Waals surface area contributed by atoms with Crippen molar-refractivity contribution in [3.05, 3.63) is 48.0 Å². The minimum absolute atomic E-state index is 0.109. The highest BCUT2D eigenvalue weighted by atomic mass is 16.5. The topological polar surface area (TPSA) is 60.4 Å². The number of ether oxygens (including phenoxy) is 2. The smallest absolute Gasteiger partial charge is 0.225 e. The molecule has 2 aromatic heterocycles. The van der Waals surface area contributed by atoms with Crippen molar-refractivity contribution in [3.8, 4) is 0 Å². The molecule has 0 aromatic carbocycles. The molecular formula is C18H22N4O2. The van der Waals surface area contributed by atoms with Gasteiger partial charge in [-0.3, -0.25) is 4.98 Å². The lowest BCUT2D eigenvalue weighted by atomic mass is 9.85. The van der Waals surface area contributed by atoms with Crippen LogP contribution in [-0.4, -0.2) is 46.4 Å². The van der Waals surface area contributed by atoms with Gasteiger partial charge in [-0.05, 0) is 31.5 Å². The van der Waals surface area contributed by atoms with Crippen LogP contribution in [0.5, 0.6) is 0 Å². The van der Waals surface area contributed by atoms with Crippen LogP contribution in [0.25, 0.3) is 0 Å². The number of hydrogen-bond acceptors (Lipinski definition) is 6. The van der Waals surface area contributed by atoms with Crippen LogP contribution in [0, 0.1) is 6.92 Å². The maximum absolute atomic E-state index is 6.10. The second kappa shape index (κ2) is 6.45. The molecule has 2 aliphatic rings. The van der Waals surface area contributed by atoms with Gasteiger partial charge in [0.05, 0.1) is 31.5 Å². The zero-order valence-corrected chi connectivity index (χ0v) is 13.9. The van der Waals surface area contributed by atoms with E-state index in [1.54, 1.807) is 12.4 Å². The maximum Gasteiger partial charge on any atom is 0.225 e. The lowest BCUT2D eigenvalue weighted by molar-refractivity contribution is -0.148. The molecule has 0 bridgehead atoms. The maximum atomic E-state index is 6.10. The first kappa shape index (κ1) is 15.5. The van der Waals surface area contributed by atoms with Crippen LogP contribution in [0.3, 0.4) is 0 Å². The van der Waals surface area contributed by atoms with Gasteiger partial charge in [-0.15, -0.1) is 0 Å². The van der Waals surface area contributed by atoms with Crippen LogP contribution in [0.4, 0.5) is 5.95 Å². The first-order chi connectivity index (χ1) is 11.7. The van der Waals surface area contributed by atoms with Crippen molar-refractivity contribution in [2.24, 2.45) is 0 Å². The fraction of sp³-hybridized carbons (Fsp3) is 0.500. The average Bonchev–Trinajstić information content (AvgIpc) is 2.59. The van der Waals surface area contributed by atoms with Crippen molar-refractivity contribution in [1.82, 2.24) is 15.0 Å². The zero-order valence-electron chi connectivity index (χ0n) is 13.9. The minimum atomic E-state index is -0.109. The van der Waals surface area contributed by atoms with E-state index in [0.29, 0.717) is 6.61 Å². The second-order valence-corrected chi connectivity index (χ2v) is 6.63. The van der Waals surface area contributed by atoms with Crippen LogP contribution in [0.1, 0.15) is 24.2 Å². The SMILES string of the molecule is Cc1cccc(COC2CCOC3(C2)CN(c2ncccn2)C3)n1. The molecule has 0 radical (unpaired) electrons. The van der Waals surface area contributed by atoms with Gasteiger partial charge >= 0.3 is 0 Å². The standard InChI is InChI=1S/C18H22N4O2/c1-14-4-2-5-15(21-14)11-23-16-6-9-24-18(10-16)12-22(13-18)17-19-7-3-8-20-17/h2-5,7-8,16H,6,9-13H2,1H3. The molecule has 0 saturated carbocycles. The molecule has 24 heavy (non-hydrogen) atoms. The van der Waals surface area contributed by atoms with E-state index in [4.69, 9.17) is 9.47 Å². The Kier molecular flexibility index (Phi) is 4.16. The Morgan fingerprint density at radius 2 is 2.08 bits per heavy atom. The molecule has 4 rings (SSSR count). The van der Waals surface area contributed by atoms with Crippen molar-refractivity contribution >= 4 is 5.95 Å². The van der Waals surface area contributed by atoms with Crippen LogP contribution < -0.4 is 4.90 Å². The molecule has 1 atom stereocenters. The molecule has 1 unspecified atom stereocenters. The van der Waals surface area contributed by atoms with E-state index < -0.39 is 0 Å². The largest absolute Gasteiger partial charge is 0.372 e. The highest BCUT2D eigenvalue weighted by molar-refractivity contribution is 5.37. The summed E-state index contributed by atoms with van der Waals surface area (Å²) in [7, 11) is 0. The van der Waals surface area contributed by atoms with Gasteiger partial charge in [0.25, 0.3) is 0 Å². The van der Waals surface area contributed by atoms with E-state index >= 15 is 0 Å². The molecule has 2 aromatic rings. The van der Waals surface area contributed by atoms with Crippen molar-refractivity contribution in [2.45, 2.75) is 38.1 Å². The lowest BCUT2D eigenvalue weighted by Crippen LogP contribution is -2.66. The highest BCUT2D eigenvalue weighted by Gasteiger charge is 2.48. The Morgan fingerprint density at radius 1 is 1.25 bits per heavy atom. The lowest BCUT2D eigenvalue weighted by Gasteiger charge is -2.52. The normalized spacial score (nSPS) is 22.4. The third-order valence-corrected chi connectivity index (χ3v) is 4.65. The summed E-state index contributed by atoms with van der Waals surface area (Å²) in [6, 6.07) is 7.87. The van der Waals surface area contributed by atoms with Crippen molar-refractivity contribution < 1.29 is 9.47 Å². The van der Waals surface area contributed by atoms with Gasteiger partial charge in [-0.2, -0.15) is 0 Å². The fourth-order valence-corrected chi connectivity index (χ4v) is 3.47. The van der Waals surface area contributed by atoms with Gasteiger partial charge in [-0.25, -0.2) is 9.97 Å². The average molecular weight is 326 g/mol. The highest BCUT2D eigenvalue weighted by Crippen LogP contribution is 2.36. The van der Waals surface area contributed by atoms with Crippen LogP contribution in [0.15, 0.2) is 36.7 Å². The number of pyridine rings is 1. The van der Waals surface area contributed by atoms with E-state index in [1.807, 2.05) is 31.2 Å². The van der Waals surface area contributed by atoms with Gasteiger partial charge in [0.15, 0.2) is 0 Å². The molecule has 0 amide bonds. The molecule has 4 heterocycles. The summed E-state index contributed by atoms with van der Waals surface area (Å²) in [4.78, 5) is 15.3. The van der Waals surface area contributed by atoms with Gasteiger partial charge < -0.3 is 14.4 Å². The van der Waals surface area contributed by atoms with E-state index in [9.17, 15) is 0 Å². The second-order valence-electron chi connectivity index (χ2n) is 6.63. The number of nitrogens with zero attached hydrogens (tertiary/aromatic N) is 4. The van der Waals surface area contributed by atoms with Crippen molar-refractivity contribution in [1.29, 1.82) is 0 Å². The van der Waals surface area contributed by atoms with E-state index in [1.165, 1.54) is 0 Å². The predicted octanol–water partition coefficient (Wildman–Crippen LogP) is 2.13. The number of aromatic nitrogens is 3. The number of hydrogen-bond donors (Lipinski definition) is 0. The number of aryl methyl sites for hydroxylation is 1. The van der Waals surface area contributed by atoms with E-state index in [-0.39, 0.29) is 11.7 Å². The summed E-state index contributed by atoms with van der Waals surface area (Å²) in [6.07, 6.45) is 5.63. The molecular weight excluding hydrogens is 304 g/mol. The summed E-state index contributed by atoms with van der Waals surface area (Å²) in [5.41, 5.74) is 1.91. The first-order valence-corrected chi connectivity index (χ1v) is 8.43. The third kappa shape index (κ3) is 3.25. The summed E-state index contributed by atoms with van der Waals surface area (Å²) >= 11 is 0. The van der Waals surface area contributed by atoms with Crippen molar-refractivity contribution in [3.63, 3.8) is 0 Å². The first-order valence-electron chi connectivity index (χ1n) is 8.43. The number of rotatable bonds is 4. The molecule has 6 heteroatoms. The van der Waals surface area contributed by atoms with Gasteiger partial charge in [0.2, 0.25) is 5.95 Å². The van der Waals surface area contributed by atoms with Crippen LogP contribution >= 0.6 is 0 Å². The summed E-state index contributed by atoms with van der Waals surface area (Å²) in [5, 5.41) is 0. The van der Waals surface area contributed by atoms with Gasteiger partial charge in [0, 0.05) is 31.1 Å². The Balaban J connectivity index is 1.32. The van der Waals surface area contributed by atoms with Crippen LogP contribution in [-0.2, 0) is 16.1 Å². The summed E-state index contributed by atoms with van der Waals surface area (Å²) in [5.74, 6) is 0.777. The molecule has 2 saturated heterocycles. The van der Waals surface area contributed by atoms with Crippen LogP contribution in [0.2, 0.25) is 0 Å². The fourth-order valence-electron chi connectivity index (χ4n) is 3.47. The quantitative estimate of drug-likeness (QED) is 0.858. The van der Waals surface area contributed by atoms with E-state index in [2.05, 4.69) is 19.9 Å². The molecule has 0 N–H and O–H groups in total. The predicted molar refractivity (Wildman–Crippen MR) is 89.7 cm³/mol. The zero-order chi connectivity index (χ0) is 16.4. The summed E-state index contributed by atoms with van der Waals surface area (Å²) < 4.78 is 12.2. The monoisotopic (exact) mass is 326 g/mol. The van der Waals surface area contributed by atoms with E-state index in [0.717, 1.165) is 49.9 Å². The Labute approximate surface area is 141 Å². The molecule has 2 fully saturated rings. The molecule has 126 valence electrons. The molecule has 2 aliphatic heterocycles. The minimum Gasteiger partial charge on any atom is -0.372 e.